The quantitative estimate of drug-likeness (QED) is 0.822. The van der Waals surface area contributed by atoms with Crippen LogP contribution in [0.3, 0.4) is 0 Å². The van der Waals surface area contributed by atoms with Crippen LogP contribution in [-0.4, -0.2) is 4.98 Å². The van der Waals surface area contributed by atoms with Crippen molar-refractivity contribution in [1.29, 1.82) is 0 Å². The van der Waals surface area contributed by atoms with Crippen molar-refractivity contribution in [3.63, 3.8) is 0 Å². The minimum absolute atomic E-state index is 0.149. The molecule has 0 bridgehead atoms. The maximum atomic E-state index is 13.8. The molecule has 0 aliphatic carbocycles. The van der Waals surface area contributed by atoms with Crippen LogP contribution >= 0.6 is 0 Å². The lowest BCUT2D eigenvalue weighted by Crippen LogP contribution is -2.00. The number of nitrogens with zero attached hydrogens (tertiary/aromatic N) is 1. The molecule has 2 nitrogen and oxygen atoms in total. The summed E-state index contributed by atoms with van der Waals surface area (Å²) >= 11 is 0. The molecule has 0 amide bonds. The minimum atomic E-state index is -0.882. The average molecular weight is 234 g/mol. The van der Waals surface area contributed by atoms with Gasteiger partial charge in [0.1, 0.15) is 5.82 Å². The van der Waals surface area contributed by atoms with E-state index in [2.05, 4.69) is 4.98 Å². The number of benzene rings is 1. The number of halogens is 2. The molecule has 0 saturated carbocycles. The molecule has 0 fully saturated rings. The Kier molecular flexibility index (Phi) is 2.79. The van der Waals surface area contributed by atoms with Crippen molar-refractivity contribution in [3.05, 3.63) is 47.2 Å². The highest BCUT2D eigenvalue weighted by Crippen LogP contribution is 2.31. The first-order chi connectivity index (χ1) is 8.02. The van der Waals surface area contributed by atoms with Gasteiger partial charge in [-0.25, -0.2) is 13.8 Å². The van der Waals surface area contributed by atoms with Gasteiger partial charge in [0.05, 0.1) is 0 Å². The molecule has 2 N–H and O–H groups in total. The second-order valence-electron chi connectivity index (χ2n) is 3.95. The standard InChI is InChI=1S/C13H12F2N2/c1-7-5-6-17-13(16)10(7)9-4-3-8(2)11(14)12(9)15/h3-6H,1-2H3,(H2,16,17). The second-order valence-corrected chi connectivity index (χ2v) is 3.95. The van der Waals surface area contributed by atoms with Crippen molar-refractivity contribution in [2.75, 3.05) is 5.73 Å². The Bertz CT molecular complexity index is 560. The molecule has 0 saturated heterocycles. The van der Waals surface area contributed by atoms with E-state index in [4.69, 9.17) is 5.73 Å². The first kappa shape index (κ1) is 11.5. The van der Waals surface area contributed by atoms with Crippen molar-refractivity contribution in [2.24, 2.45) is 0 Å². The van der Waals surface area contributed by atoms with Gasteiger partial charge in [0.15, 0.2) is 11.6 Å². The Morgan fingerprint density at radius 1 is 1.00 bits per heavy atom. The zero-order valence-electron chi connectivity index (χ0n) is 9.59. The number of rotatable bonds is 1. The van der Waals surface area contributed by atoms with Crippen LogP contribution in [0.2, 0.25) is 0 Å². The highest BCUT2D eigenvalue weighted by molar-refractivity contribution is 5.77. The number of pyridine rings is 1. The van der Waals surface area contributed by atoms with E-state index in [1.54, 1.807) is 13.0 Å². The van der Waals surface area contributed by atoms with E-state index >= 15 is 0 Å². The first-order valence-corrected chi connectivity index (χ1v) is 5.18. The third-order valence-corrected chi connectivity index (χ3v) is 2.73. The summed E-state index contributed by atoms with van der Waals surface area (Å²) < 4.78 is 27.4. The van der Waals surface area contributed by atoms with Gasteiger partial charge in [-0.15, -0.1) is 0 Å². The van der Waals surface area contributed by atoms with Crippen LogP contribution < -0.4 is 5.73 Å². The van der Waals surface area contributed by atoms with Gasteiger partial charge >= 0.3 is 0 Å². The van der Waals surface area contributed by atoms with E-state index in [9.17, 15) is 8.78 Å². The Balaban J connectivity index is 2.74. The van der Waals surface area contributed by atoms with Crippen LogP contribution in [0.5, 0.6) is 0 Å². The van der Waals surface area contributed by atoms with E-state index in [0.717, 1.165) is 5.56 Å². The van der Waals surface area contributed by atoms with Gasteiger partial charge in [-0.05, 0) is 31.0 Å². The molecule has 2 aromatic rings. The van der Waals surface area contributed by atoms with Gasteiger partial charge in [0.2, 0.25) is 0 Å². The van der Waals surface area contributed by atoms with Crippen molar-refractivity contribution >= 4 is 5.82 Å². The molecule has 0 aliphatic heterocycles. The lowest BCUT2D eigenvalue weighted by atomic mass is 9.99. The number of nitrogens with two attached hydrogens (primary N) is 1. The molecule has 1 aromatic heterocycles. The molecule has 0 radical (unpaired) electrons. The summed E-state index contributed by atoms with van der Waals surface area (Å²) in [5.41, 5.74) is 7.34. The SMILES string of the molecule is Cc1ccc(-c2c(C)ccnc2N)c(F)c1F. The number of hydrogen-bond donors (Lipinski definition) is 1. The topological polar surface area (TPSA) is 38.9 Å². The Labute approximate surface area is 98.1 Å². The molecular formula is C13H12F2N2. The van der Waals surface area contributed by atoms with Crippen molar-refractivity contribution in [3.8, 4) is 11.1 Å². The van der Waals surface area contributed by atoms with Crippen molar-refractivity contribution in [1.82, 2.24) is 4.98 Å². The molecule has 0 unspecified atom stereocenters. The van der Waals surface area contributed by atoms with Crippen LogP contribution in [0.1, 0.15) is 11.1 Å². The number of aromatic nitrogens is 1. The zero-order valence-corrected chi connectivity index (χ0v) is 9.59. The smallest absolute Gasteiger partial charge is 0.167 e. The largest absolute Gasteiger partial charge is 0.383 e. The van der Waals surface area contributed by atoms with Gasteiger partial charge < -0.3 is 5.73 Å². The predicted molar refractivity (Wildman–Crippen MR) is 63.5 cm³/mol. The minimum Gasteiger partial charge on any atom is -0.383 e. The van der Waals surface area contributed by atoms with Crippen LogP contribution in [0.15, 0.2) is 24.4 Å². The molecule has 2 rings (SSSR count). The average Bonchev–Trinajstić information content (AvgIpc) is 2.29. The van der Waals surface area contributed by atoms with E-state index in [1.807, 2.05) is 0 Å². The van der Waals surface area contributed by atoms with Gasteiger partial charge in [-0.3, -0.25) is 0 Å². The lowest BCUT2D eigenvalue weighted by Gasteiger charge is -2.10. The Morgan fingerprint density at radius 3 is 2.35 bits per heavy atom. The number of nitrogen functional groups attached to an aromatic ring is 1. The van der Waals surface area contributed by atoms with Crippen molar-refractivity contribution < 1.29 is 8.78 Å². The van der Waals surface area contributed by atoms with Gasteiger partial charge in [0, 0.05) is 17.3 Å². The van der Waals surface area contributed by atoms with Crippen LogP contribution in [0.4, 0.5) is 14.6 Å². The number of aryl methyl sites for hydroxylation is 2. The van der Waals surface area contributed by atoms with Crippen molar-refractivity contribution in [2.45, 2.75) is 13.8 Å². The third kappa shape index (κ3) is 1.86. The summed E-state index contributed by atoms with van der Waals surface area (Å²) in [6.45, 7) is 3.30. The van der Waals surface area contributed by atoms with Gasteiger partial charge in [0.25, 0.3) is 0 Å². The van der Waals surface area contributed by atoms with E-state index in [1.165, 1.54) is 25.3 Å². The fourth-order valence-corrected chi connectivity index (χ4v) is 1.77. The summed E-state index contributed by atoms with van der Waals surface area (Å²) in [7, 11) is 0. The molecule has 0 spiro atoms. The molecule has 1 heterocycles. The molecular weight excluding hydrogens is 222 g/mol. The summed E-state index contributed by atoms with van der Waals surface area (Å²) in [5, 5.41) is 0. The molecule has 4 heteroatoms. The van der Waals surface area contributed by atoms with Gasteiger partial charge in [-0.1, -0.05) is 12.1 Å². The third-order valence-electron chi connectivity index (χ3n) is 2.73. The van der Waals surface area contributed by atoms with Crippen LogP contribution in [-0.2, 0) is 0 Å². The first-order valence-electron chi connectivity index (χ1n) is 5.18. The summed E-state index contributed by atoms with van der Waals surface area (Å²) in [6.07, 6.45) is 1.54. The maximum absolute atomic E-state index is 13.8. The summed E-state index contributed by atoms with van der Waals surface area (Å²) in [4.78, 5) is 3.90. The van der Waals surface area contributed by atoms with E-state index in [0.29, 0.717) is 5.56 Å². The highest BCUT2D eigenvalue weighted by Gasteiger charge is 2.16. The Hall–Kier alpha value is -1.97. The fraction of sp³-hybridized carbons (Fsp3) is 0.154. The summed E-state index contributed by atoms with van der Waals surface area (Å²) in [6, 6.07) is 4.76. The maximum Gasteiger partial charge on any atom is 0.167 e. The fourth-order valence-electron chi connectivity index (χ4n) is 1.77. The molecule has 0 atom stereocenters. The van der Waals surface area contributed by atoms with Crippen LogP contribution in [0, 0.1) is 25.5 Å². The van der Waals surface area contributed by atoms with Gasteiger partial charge in [-0.2, -0.15) is 0 Å². The molecule has 1 aromatic carbocycles. The predicted octanol–water partition coefficient (Wildman–Crippen LogP) is 3.23. The number of anilines is 1. The molecule has 17 heavy (non-hydrogen) atoms. The normalized spacial score (nSPS) is 10.6. The Morgan fingerprint density at radius 2 is 1.71 bits per heavy atom. The zero-order chi connectivity index (χ0) is 12.6. The number of hydrogen-bond acceptors (Lipinski definition) is 2. The second kappa shape index (κ2) is 4.13. The summed E-state index contributed by atoms with van der Waals surface area (Å²) in [5.74, 6) is -1.52. The molecule has 0 aliphatic rings. The lowest BCUT2D eigenvalue weighted by molar-refractivity contribution is 0.505. The molecule has 88 valence electrons. The monoisotopic (exact) mass is 234 g/mol. The highest BCUT2D eigenvalue weighted by atomic mass is 19.2. The van der Waals surface area contributed by atoms with E-state index in [-0.39, 0.29) is 16.9 Å². The van der Waals surface area contributed by atoms with Crippen LogP contribution in [0.25, 0.3) is 11.1 Å². The van der Waals surface area contributed by atoms with E-state index < -0.39 is 11.6 Å².